The summed E-state index contributed by atoms with van der Waals surface area (Å²) >= 11 is 0. The molecule has 3 nitrogen and oxygen atoms in total. The van der Waals surface area contributed by atoms with E-state index in [0.717, 1.165) is 5.39 Å². The Morgan fingerprint density at radius 1 is 1.60 bits per heavy atom. The summed E-state index contributed by atoms with van der Waals surface area (Å²) in [6.07, 6.45) is 4.22. The van der Waals surface area contributed by atoms with Gasteiger partial charge in [0.1, 0.15) is 0 Å². The minimum Gasteiger partial charge on any atom is -0.449 e. The van der Waals surface area contributed by atoms with E-state index < -0.39 is 0 Å². The van der Waals surface area contributed by atoms with E-state index >= 15 is 0 Å². The van der Waals surface area contributed by atoms with Crippen molar-refractivity contribution in [2.45, 2.75) is 0 Å². The molecule has 0 saturated heterocycles. The van der Waals surface area contributed by atoms with Crippen LogP contribution in [0.5, 0.6) is 0 Å². The van der Waals surface area contributed by atoms with E-state index in [4.69, 9.17) is 10.2 Å². The second kappa shape index (κ2) is 1.73. The summed E-state index contributed by atoms with van der Waals surface area (Å²) < 4.78 is 4.94. The zero-order chi connectivity index (χ0) is 6.97. The van der Waals surface area contributed by atoms with Gasteiger partial charge < -0.3 is 10.2 Å². The maximum atomic E-state index is 5.48. The van der Waals surface area contributed by atoms with E-state index in [2.05, 4.69) is 11.2 Å². The predicted molar refractivity (Wildman–Crippen MR) is 37.3 cm³/mol. The maximum Gasteiger partial charge on any atom is 0.177 e. The molecule has 0 aliphatic carbocycles. The molecule has 1 radical (unpaired) electrons. The molecule has 0 unspecified atom stereocenters. The van der Waals surface area contributed by atoms with Gasteiger partial charge in [-0.05, 0) is 12.1 Å². The molecule has 3 heteroatoms. The Bertz CT molecular complexity index is 353. The third-order valence-electron chi connectivity index (χ3n) is 1.34. The van der Waals surface area contributed by atoms with Crippen molar-refractivity contribution < 1.29 is 4.42 Å². The van der Waals surface area contributed by atoms with Crippen LogP contribution in [0.25, 0.3) is 11.0 Å². The lowest BCUT2D eigenvalue weighted by Crippen LogP contribution is -1.87. The molecule has 0 amide bonds. The summed E-state index contributed by atoms with van der Waals surface area (Å²) in [6, 6.07) is 3.55. The topological polar surface area (TPSA) is 52.0 Å². The number of nitrogens with zero attached hydrogens (tertiary/aromatic N) is 1. The molecule has 0 aromatic carbocycles. The first-order valence-corrected chi connectivity index (χ1v) is 2.88. The van der Waals surface area contributed by atoms with Crippen molar-refractivity contribution in [2.75, 3.05) is 5.73 Å². The normalized spacial score (nSPS) is 10.4. The van der Waals surface area contributed by atoms with E-state index in [9.17, 15) is 0 Å². The average molecular weight is 133 g/mol. The summed E-state index contributed by atoms with van der Waals surface area (Å²) in [5.41, 5.74) is 6.09. The highest BCUT2D eigenvalue weighted by atomic mass is 16.3. The van der Waals surface area contributed by atoms with Crippen LogP contribution in [0.15, 0.2) is 22.7 Å². The molecule has 0 spiro atoms. The Balaban J connectivity index is 2.95. The molecule has 0 aliphatic heterocycles. The van der Waals surface area contributed by atoms with Crippen LogP contribution in [-0.4, -0.2) is 4.98 Å². The van der Waals surface area contributed by atoms with Gasteiger partial charge >= 0.3 is 0 Å². The molecule has 2 aromatic rings. The third kappa shape index (κ3) is 0.572. The highest BCUT2D eigenvalue weighted by Gasteiger charge is 1.99. The minimum atomic E-state index is 0.416. The molecule has 2 rings (SSSR count). The fourth-order valence-corrected chi connectivity index (χ4v) is 0.857. The Morgan fingerprint density at radius 2 is 2.50 bits per heavy atom. The van der Waals surface area contributed by atoms with Crippen LogP contribution in [0, 0.1) is 6.26 Å². The minimum absolute atomic E-state index is 0.416. The van der Waals surface area contributed by atoms with Crippen molar-refractivity contribution in [1.29, 1.82) is 0 Å². The number of hydrogen-bond donors (Lipinski definition) is 1. The number of hydrogen-bond acceptors (Lipinski definition) is 3. The molecule has 0 fully saturated rings. The van der Waals surface area contributed by atoms with Crippen molar-refractivity contribution in [1.82, 2.24) is 4.98 Å². The summed E-state index contributed by atoms with van der Waals surface area (Å²) in [7, 11) is 0. The first-order valence-electron chi connectivity index (χ1n) is 2.88. The van der Waals surface area contributed by atoms with Gasteiger partial charge in [0.2, 0.25) is 0 Å². The van der Waals surface area contributed by atoms with Gasteiger partial charge in [0, 0.05) is 11.6 Å². The van der Waals surface area contributed by atoms with Crippen LogP contribution in [-0.2, 0) is 0 Å². The van der Waals surface area contributed by atoms with Crippen LogP contribution in [0.1, 0.15) is 0 Å². The van der Waals surface area contributed by atoms with Crippen LogP contribution < -0.4 is 5.73 Å². The van der Waals surface area contributed by atoms with Crippen molar-refractivity contribution in [2.24, 2.45) is 0 Å². The summed E-state index contributed by atoms with van der Waals surface area (Å²) in [4.78, 5) is 3.84. The largest absolute Gasteiger partial charge is 0.449 e. The third-order valence-corrected chi connectivity index (χ3v) is 1.34. The number of anilines is 1. The molecule has 2 N–H and O–H groups in total. The van der Waals surface area contributed by atoms with Crippen LogP contribution >= 0.6 is 0 Å². The zero-order valence-electron chi connectivity index (χ0n) is 5.16. The van der Waals surface area contributed by atoms with Crippen molar-refractivity contribution in [3.8, 4) is 0 Å². The fourth-order valence-electron chi connectivity index (χ4n) is 0.857. The van der Waals surface area contributed by atoms with Gasteiger partial charge in [-0.1, -0.05) is 0 Å². The second-order valence-corrected chi connectivity index (χ2v) is 1.98. The number of furan rings is 1. The molecule has 0 atom stereocenters. The highest BCUT2D eigenvalue weighted by molar-refractivity contribution is 5.84. The Labute approximate surface area is 57.5 Å². The van der Waals surface area contributed by atoms with Crippen molar-refractivity contribution in [3.63, 3.8) is 0 Å². The van der Waals surface area contributed by atoms with Gasteiger partial charge in [0.25, 0.3) is 0 Å². The number of rotatable bonds is 0. The van der Waals surface area contributed by atoms with Crippen LogP contribution in [0.3, 0.4) is 0 Å². The van der Waals surface area contributed by atoms with Crippen molar-refractivity contribution >= 4 is 16.8 Å². The monoisotopic (exact) mass is 133 g/mol. The van der Waals surface area contributed by atoms with E-state index in [0.29, 0.717) is 11.4 Å². The molecule has 0 saturated carbocycles. The fraction of sp³-hybridized carbons (Fsp3) is 0. The van der Waals surface area contributed by atoms with Crippen LogP contribution in [0.4, 0.5) is 5.82 Å². The summed E-state index contributed by atoms with van der Waals surface area (Å²) in [5.74, 6) is 0.416. The molecule has 0 bridgehead atoms. The number of pyridine rings is 1. The first-order chi connectivity index (χ1) is 4.88. The molecule has 49 valence electrons. The van der Waals surface area contributed by atoms with Crippen molar-refractivity contribution in [3.05, 3.63) is 24.6 Å². The highest BCUT2D eigenvalue weighted by Crippen LogP contribution is 2.17. The lowest BCUT2D eigenvalue weighted by Gasteiger charge is -1.89. The predicted octanol–water partition coefficient (Wildman–Crippen LogP) is 1.21. The number of nitrogens with two attached hydrogens (primary N) is 1. The SMILES string of the molecule is Nc1nccc2c[c]oc12. The number of aromatic nitrogens is 1. The Morgan fingerprint density at radius 3 is 3.30 bits per heavy atom. The molecular formula is C7H5N2O. The second-order valence-electron chi connectivity index (χ2n) is 1.98. The Hall–Kier alpha value is -1.51. The van der Waals surface area contributed by atoms with Gasteiger partial charge in [-0.2, -0.15) is 0 Å². The van der Waals surface area contributed by atoms with E-state index in [1.807, 2.05) is 6.07 Å². The average Bonchev–Trinajstić information content (AvgIpc) is 2.36. The van der Waals surface area contributed by atoms with Gasteiger partial charge in [-0.25, -0.2) is 4.98 Å². The molecule has 2 aromatic heterocycles. The van der Waals surface area contributed by atoms with Gasteiger partial charge in [0.15, 0.2) is 17.7 Å². The maximum absolute atomic E-state index is 5.48. The molecule has 10 heavy (non-hydrogen) atoms. The molecular weight excluding hydrogens is 128 g/mol. The Kier molecular flexibility index (Phi) is 0.917. The van der Waals surface area contributed by atoms with Gasteiger partial charge in [-0.15, -0.1) is 0 Å². The lowest BCUT2D eigenvalue weighted by molar-refractivity contribution is 0.606. The first kappa shape index (κ1) is 5.29. The standard InChI is InChI=1S/C7H5N2O/c8-7-6-5(1-3-9-7)2-4-10-6/h1-3H,(H2,8,9). The van der Waals surface area contributed by atoms with Gasteiger partial charge in [0.05, 0.1) is 0 Å². The summed E-state index contributed by atoms with van der Waals surface area (Å²) in [6.45, 7) is 0. The molecule has 0 aliphatic rings. The summed E-state index contributed by atoms with van der Waals surface area (Å²) in [5, 5.41) is 0.938. The van der Waals surface area contributed by atoms with E-state index in [-0.39, 0.29) is 0 Å². The molecule has 2 heterocycles. The van der Waals surface area contributed by atoms with E-state index in [1.54, 1.807) is 12.3 Å². The van der Waals surface area contributed by atoms with E-state index in [1.165, 1.54) is 0 Å². The lowest BCUT2D eigenvalue weighted by atomic mass is 10.3. The van der Waals surface area contributed by atoms with Gasteiger partial charge in [-0.3, -0.25) is 0 Å². The smallest absolute Gasteiger partial charge is 0.177 e. The number of nitrogen functional groups attached to an aromatic ring is 1. The van der Waals surface area contributed by atoms with Crippen LogP contribution in [0.2, 0.25) is 0 Å². The quantitative estimate of drug-likeness (QED) is 0.587. The zero-order valence-corrected chi connectivity index (χ0v) is 5.16. The number of fused-ring (bicyclic) bond motifs is 1.